The summed E-state index contributed by atoms with van der Waals surface area (Å²) in [6.45, 7) is 6.75. The van der Waals surface area contributed by atoms with Gasteiger partial charge < -0.3 is 20.1 Å². The molecule has 5 rings (SSSR count). The van der Waals surface area contributed by atoms with E-state index in [2.05, 4.69) is 73.1 Å². The van der Waals surface area contributed by atoms with Gasteiger partial charge in [0.1, 0.15) is 0 Å². The van der Waals surface area contributed by atoms with Crippen LogP contribution in [0.4, 0.5) is 5.69 Å². The van der Waals surface area contributed by atoms with Crippen LogP contribution in [0.15, 0.2) is 83.5 Å². The van der Waals surface area contributed by atoms with E-state index in [1.54, 1.807) is 6.20 Å². The number of rotatable bonds is 7. The second-order valence-corrected chi connectivity index (χ2v) is 10.8. The molecule has 0 radical (unpaired) electrons. The molecule has 2 N–H and O–H groups in total. The molecule has 2 atom stereocenters. The van der Waals surface area contributed by atoms with Crippen LogP contribution in [0.2, 0.25) is 0 Å². The third kappa shape index (κ3) is 5.24. The first kappa shape index (κ1) is 26.1. The number of thiocarbonyl (C=S) groups is 1. The zero-order valence-electron chi connectivity index (χ0n) is 21.6. The molecule has 0 aliphatic carbocycles. The van der Waals surface area contributed by atoms with Crippen LogP contribution < -0.4 is 10.6 Å². The molecule has 1 aliphatic heterocycles. The van der Waals surface area contributed by atoms with Crippen molar-refractivity contribution in [1.82, 2.24) is 19.8 Å². The van der Waals surface area contributed by atoms with Crippen molar-refractivity contribution >= 4 is 44.9 Å². The van der Waals surface area contributed by atoms with Crippen LogP contribution in [-0.4, -0.2) is 32.0 Å². The standard InChI is InChI=1S/C30H30BrN5OS/c1-19-9-8-10-22(17-19)33-27(37)14-16-35-29(28(34-30(35)38)25-12-6-7-15-32-25)23-18-20(2)36(21(23)3)26-13-5-4-11-24(26)31/h4-13,15,17-18,28-29H,14,16H2,1-3H3,(H,33,37)(H,34,38)/t28-,29+/m1/s1. The molecule has 0 spiro atoms. The number of nitrogens with zero attached hydrogens (tertiary/aromatic N) is 3. The van der Waals surface area contributed by atoms with E-state index >= 15 is 0 Å². The molecule has 194 valence electrons. The Morgan fingerprint density at radius 1 is 1.05 bits per heavy atom. The number of para-hydroxylation sites is 1. The first-order valence-electron chi connectivity index (χ1n) is 12.6. The van der Waals surface area contributed by atoms with Gasteiger partial charge >= 0.3 is 0 Å². The van der Waals surface area contributed by atoms with Crippen molar-refractivity contribution < 1.29 is 4.79 Å². The number of carbonyl (C=O) groups is 1. The van der Waals surface area contributed by atoms with Crippen LogP contribution in [0, 0.1) is 20.8 Å². The second-order valence-electron chi connectivity index (χ2n) is 9.60. The number of hydrogen-bond acceptors (Lipinski definition) is 3. The molecule has 8 heteroatoms. The number of anilines is 1. The van der Waals surface area contributed by atoms with Crippen molar-refractivity contribution in [2.45, 2.75) is 39.3 Å². The molecule has 1 amide bonds. The molecular weight excluding hydrogens is 558 g/mol. The molecule has 4 aromatic rings. The van der Waals surface area contributed by atoms with Gasteiger partial charge in [0.05, 0.1) is 23.5 Å². The largest absolute Gasteiger partial charge is 0.352 e. The summed E-state index contributed by atoms with van der Waals surface area (Å²) < 4.78 is 3.29. The van der Waals surface area contributed by atoms with Gasteiger partial charge in [0.2, 0.25) is 5.91 Å². The summed E-state index contributed by atoms with van der Waals surface area (Å²) >= 11 is 9.55. The number of aromatic nitrogens is 2. The highest BCUT2D eigenvalue weighted by molar-refractivity contribution is 9.10. The maximum atomic E-state index is 12.9. The number of nitrogens with one attached hydrogen (secondary N) is 2. The average Bonchev–Trinajstić information content (AvgIpc) is 3.38. The predicted molar refractivity (Wildman–Crippen MR) is 160 cm³/mol. The molecular formula is C30H30BrN5OS. The van der Waals surface area contributed by atoms with E-state index in [4.69, 9.17) is 12.2 Å². The van der Waals surface area contributed by atoms with E-state index in [1.165, 1.54) is 0 Å². The van der Waals surface area contributed by atoms with Crippen LogP contribution in [0.3, 0.4) is 0 Å². The Hall–Kier alpha value is -3.49. The Bertz CT molecular complexity index is 1490. The lowest BCUT2D eigenvalue weighted by Gasteiger charge is -2.28. The normalized spacial score (nSPS) is 16.9. The second kappa shape index (κ2) is 11.1. The fraction of sp³-hybridized carbons (Fsp3) is 0.233. The minimum Gasteiger partial charge on any atom is -0.352 e. The lowest BCUT2D eigenvalue weighted by Crippen LogP contribution is -2.32. The third-order valence-corrected chi connectivity index (χ3v) is 7.98. The summed E-state index contributed by atoms with van der Waals surface area (Å²) in [5, 5.41) is 7.15. The first-order valence-corrected chi connectivity index (χ1v) is 13.8. The Morgan fingerprint density at radius 3 is 2.58 bits per heavy atom. The third-order valence-electron chi connectivity index (χ3n) is 6.96. The van der Waals surface area contributed by atoms with Gasteiger partial charge in [-0.3, -0.25) is 9.78 Å². The number of carbonyl (C=O) groups excluding carboxylic acids is 1. The van der Waals surface area contributed by atoms with E-state index in [9.17, 15) is 4.79 Å². The fourth-order valence-electron chi connectivity index (χ4n) is 5.24. The topological polar surface area (TPSA) is 62.2 Å². The Kier molecular flexibility index (Phi) is 7.63. The average molecular weight is 589 g/mol. The fourth-order valence-corrected chi connectivity index (χ4v) is 6.04. The van der Waals surface area contributed by atoms with E-state index in [0.717, 1.165) is 44.1 Å². The van der Waals surface area contributed by atoms with E-state index < -0.39 is 0 Å². The van der Waals surface area contributed by atoms with Crippen LogP contribution >= 0.6 is 28.1 Å². The van der Waals surface area contributed by atoms with Crippen molar-refractivity contribution in [3.8, 4) is 5.69 Å². The Morgan fingerprint density at radius 2 is 1.84 bits per heavy atom. The monoisotopic (exact) mass is 587 g/mol. The van der Waals surface area contributed by atoms with Crippen LogP contribution in [0.25, 0.3) is 5.69 Å². The van der Waals surface area contributed by atoms with E-state index in [1.807, 2.05) is 61.5 Å². The highest BCUT2D eigenvalue weighted by atomic mass is 79.9. The molecule has 1 aliphatic rings. The zero-order chi connectivity index (χ0) is 26.8. The molecule has 1 saturated heterocycles. The van der Waals surface area contributed by atoms with Crippen molar-refractivity contribution in [3.63, 3.8) is 0 Å². The van der Waals surface area contributed by atoms with Crippen molar-refractivity contribution in [2.24, 2.45) is 0 Å². The van der Waals surface area contributed by atoms with Crippen molar-refractivity contribution in [1.29, 1.82) is 0 Å². The van der Waals surface area contributed by atoms with Gasteiger partial charge in [-0.1, -0.05) is 30.3 Å². The van der Waals surface area contributed by atoms with Gasteiger partial charge in [0.25, 0.3) is 0 Å². The minimum atomic E-state index is -0.142. The highest BCUT2D eigenvalue weighted by Crippen LogP contribution is 2.42. The summed E-state index contributed by atoms with van der Waals surface area (Å²) in [6, 6.07) is 23.9. The van der Waals surface area contributed by atoms with Crippen LogP contribution in [0.5, 0.6) is 0 Å². The molecule has 0 bridgehead atoms. The summed E-state index contributed by atoms with van der Waals surface area (Å²) in [5.41, 5.74) is 7.31. The van der Waals surface area contributed by atoms with Crippen LogP contribution in [-0.2, 0) is 4.79 Å². The van der Waals surface area contributed by atoms with Gasteiger partial charge in [-0.15, -0.1) is 0 Å². The number of aryl methyl sites for hydroxylation is 2. The summed E-state index contributed by atoms with van der Waals surface area (Å²) in [7, 11) is 0. The van der Waals surface area contributed by atoms with Crippen molar-refractivity contribution in [2.75, 3.05) is 11.9 Å². The number of amides is 1. The van der Waals surface area contributed by atoms with E-state index in [0.29, 0.717) is 18.1 Å². The minimum absolute atomic E-state index is 0.0443. The lowest BCUT2D eigenvalue weighted by atomic mass is 9.96. The lowest BCUT2D eigenvalue weighted by molar-refractivity contribution is -0.116. The molecule has 1 fully saturated rings. The quantitative estimate of drug-likeness (QED) is 0.240. The highest BCUT2D eigenvalue weighted by Gasteiger charge is 2.41. The number of benzene rings is 2. The van der Waals surface area contributed by atoms with Crippen LogP contribution in [0.1, 0.15) is 46.7 Å². The Labute approximate surface area is 237 Å². The first-order chi connectivity index (χ1) is 18.3. The van der Waals surface area contributed by atoms with Gasteiger partial charge in [-0.25, -0.2) is 0 Å². The van der Waals surface area contributed by atoms with Gasteiger partial charge in [-0.2, -0.15) is 0 Å². The number of hydrogen-bond donors (Lipinski definition) is 2. The molecule has 38 heavy (non-hydrogen) atoms. The maximum absolute atomic E-state index is 12.9. The summed E-state index contributed by atoms with van der Waals surface area (Å²) in [6.07, 6.45) is 2.11. The zero-order valence-corrected chi connectivity index (χ0v) is 24.0. The number of pyridine rings is 1. The van der Waals surface area contributed by atoms with Gasteiger partial charge in [-0.05, 0) is 103 Å². The molecule has 2 aromatic carbocycles. The smallest absolute Gasteiger partial charge is 0.226 e. The summed E-state index contributed by atoms with van der Waals surface area (Å²) in [4.78, 5) is 19.7. The number of halogens is 1. The predicted octanol–water partition coefficient (Wildman–Crippen LogP) is 6.56. The maximum Gasteiger partial charge on any atom is 0.226 e. The molecule has 0 unspecified atom stereocenters. The van der Waals surface area contributed by atoms with Gasteiger partial charge in [0.15, 0.2) is 5.11 Å². The van der Waals surface area contributed by atoms with Gasteiger partial charge in [0, 0.05) is 40.7 Å². The van der Waals surface area contributed by atoms with Crippen molar-refractivity contribution in [3.05, 3.63) is 112 Å². The Balaban J connectivity index is 1.48. The SMILES string of the molecule is Cc1cccc(NC(=O)CCN2C(=S)N[C@H](c3ccccn3)[C@@H]2c2cc(C)n(-c3ccccc3Br)c2C)c1. The molecule has 0 saturated carbocycles. The molecule has 3 heterocycles. The summed E-state index contributed by atoms with van der Waals surface area (Å²) in [5.74, 6) is -0.0443. The van der Waals surface area contributed by atoms with E-state index in [-0.39, 0.29) is 18.0 Å². The molecule has 6 nitrogen and oxygen atoms in total. The molecule has 2 aromatic heterocycles.